The van der Waals surface area contributed by atoms with E-state index in [4.69, 9.17) is 5.11 Å². The number of fused-ring (bicyclic) bond motifs is 1. The highest BCUT2D eigenvalue weighted by molar-refractivity contribution is 5.70. The van der Waals surface area contributed by atoms with Crippen LogP contribution in [0.5, 0.6) is 0 Å². The molecule has 1 aromatic heterocycles. The molecule has 0 saturated heterocycles. The molecule has 4 nitrogen and oxygen atoms in total. The fourth-order valence-corrected chi connectivity index (χ4v) is 1.85. The first kappa shape index (κ1) is 11.8. The van der Waals surface area contributed by atoms with Gasteiger partial charge in [-0.15, -0.1) is 0 Å². The first-order chi connectivity index (χ1) is 7.88. The molecule has 0 bridgehead atoms. The third-order valence-corrected chi connectivity index (χ3v) is 2.75. The number of hydrogen-bond acceptors (Lipinski definition) is 3. The van der Waals surface area contributed by atoms with Crippen molar-refractivity contribution in [2.24, 2.45) is 5.92 Å². The third-order valence-electron chi connectivity index (χ3n) is 2.75. The number of aliphatic carboxylic acids is 1. The van der Waals surface area contributed by atoms with E-state index in [0.717, 1.165) is 6.20 Å². The molecule has 1 heterocycles. The molecule has 0 unspecified atom stereocenters. The van der Waals surface area contributed by atoms with Crippen LogP contribution in [0.25, 0.3) is 0 Å². The van der Waals surface area contributed by atoms with Crippen LogP contribution in [-0.2, 0) is 23.8 Å². The SMILES string of the molecule is O=C(O)[C@H]1CCc2nc(C(F)(F)F)ncc2C1. The van der Waals surface area contributed by atoms with Crippen LogP contribution in [0.1, 0.15) is 23.5 Å². The summed E-state index contributed by atoms with van der Waals surface area (Å²) in [7, 11) is 0. The van der Waals surface area contributed by atoms with E-state index in [1.807, 2.05) is 0 Å². The van der Waals surface area contributed by atoms with Crippen LogP contribution >= 0.6 is 0 Å². The van der Waals surface area contributed by atoms with Crippen molar-refractivity contribution < 1.29 is 23.1 Å². The van der Waals surface area contributed by atoms with Gasteiger partial charge in [-0.3, -0.25) is 4.79 Å². The number of halogens is 3. The Balaban J connectivity index is 2.29. The van der Waals surface area contributed by atoms with E-state index >= 15 is 0 Å². The lowest BCUT2D eigenvalue weighted by molar-refractivity contribution is -0.145. The summed E-state index contributed by atoms with van der Waals surface area (Å²) in [6.45, 7) is 0. The second-order valence-electron chi connectivity index (χ2n) is 3.94. The number of nitrogens with zero attached hydrogens (tertiary/aromatic N) is 2. The molecule has 2 rings (SSSR count). The monoisotopic (exact) mass is 246 g/mol. The maximum Gasteiger partial charge on any atom is 0.451 e. The highest BCUT2D eigenvalue weighted by atomic mass is 19.4. The molecule has 0 aromatic carbocycles. The lowest BCUT2D eigenvalue weighted by Crippen LogP contribution is -2.24. The first-order valence-corrected chi connectivity index (χ1v) is 5.02. The molecule has 1 atom stereocenters. The van der Waals surface area contributed by atoms with Crippen LogP contribution in [0.15, 0.2) is 6.20 Å². The summed E-state index contributed by atoms with van der Waals surface area (Å²) in [6.07, 6.45) is -2.71. The predicted octanol–water partition coefficient (Wildman–Crippen LogP) is 1.68. The Labute approximate surface area is 94.5 Å². The molecule has 0 radical (unpaired) electrons. The number of aryl methyl sites for hydroxylation is 1. The molecule has 0 saturated carbocycles. The van der Waals surface area contributed by atoms with Crippen molar-refractivity contribution in [3.05, 3.63) is 23.3 Å². The van der Waals surface area contributed by atoms with E-state index < -0.39 is 23.9 Å². The molecule has 92 valence electrons. The van der Waals surface area contributed by atoms with Crippen LogP contribution in [0.2, 0.25) is 0 Å². The molecule has 0 fully saturated rings. The number of carbonyl (C=O) groups is 1. The lowest BCUT2D eigenvalue weighted by Gasteiger charge is -2.20. The Hall–Kier alpha value is -1.66. The molecule has 17 heavy (non-hydrogen) atoms. The first-order valence-electron chi connectivity index (χ1n) is 5.02. The van der Waals surface area contributed by atoms with Crippen molar-refractivity contribution in [1.82, 2.24) is 9.97 Å². The molecule has 0 amide bonds. The quantitative estimate of drug-likeness (QED) is 0.818. The van der Waals surface area contributed by atoms with E-state index in [1.54, 1.807) is 0 Å². The van der Waals surface area contributed by atoms with Crippen molar-refractivity contribution in [3.63, 3.8) is 0 Å². The van der Waals surface area contributed by atoms with Gasteiger partial charge in [0, 0.05) is 11.9 Å². The number of aromatic nitrogens is 2. The van der Waals surface area contributed by atoms with E-state index in [-0.39, 0.29) is 12.8 Å². The summed E-state index contributed by atoms with van der Waals surface area (Å²) in [6, 6.07) is 0. The second kappa shape index (κ2) is 3.97. The van der Waals surface area contributed by atoms with Crippen LogP contribution in [0.4, 0.5) is 13.2 Å². The van der Waals surface area contributed by atoms with Crippen LogP contribution < -0.4 is 0 Å². The average Bonchev–Trinajstić information content (AvgIpc) is 2.26. The second-order valence-corrected chi connectivity index (χ2v) is 3.94. The van der Waals surface area contributed by atoms with Gasteiger partial charge in [-0.2, -0.15) is 13.2 Å². The zero-order valence-electron chi connectivity index (χ0n) is 8.66. The number of hydrogen-bond donors (Lipinski definition) is 1. The van der Waals surface area contributed by atoms with Crippen molar-refractivity contribution in [3.8, 4) is 0 Å². The van der Waals surface area contributed by atoms with Crippen molar-refractivity contribution in [2.45, 2.75) is 25.4 Å². The van der Waals surface area contributed by atoms with Crippen molar-refractivity contribution in [2.75, 3.05) is 0 Å². The average molecular weight is 246 g/mol. The predicted molar refractivity (Wildman–Crippen MR) is 50.2 cm³/mol. The highest BCUT2D eigenvalue weighted by Gasteiger charge is 2.36. The Bertz CT molecular complexity index is 459. The molecule has 1 aromatic rings. The fraction of sp³-hybridized carbons (Fsp3) is 0.500. The summed E-state index contributed by atoms with van der Waals surface area (Å²) in [5.74, 6) is -2.65. The van der Waals surface area contributed by atoms with Gasteiger partial charge in [-0.1, -0.05) is 0 Å². The Kier molecular flexibility index (Phi) is 2.76. The fourth-order valence-electron chi connectivity index (χ4n) is 1.85. The van der Waals surface area contributed by atoms with Crippen molar-refractivity contribution >= 4 is 5.97 Å². The van der Waals surface area contributed by atoms with Gasteiger partial charge in [-0.25, -0.2) is 9.97 Å². The maximum atomic E-state index is 12.3. The van der Waals surface area contributed by atoms with Gasteiger partial charge in [0.25, 0.3) is 0 Å². The Morgan fingerprint density at radius 1 is 1.47 bits per heavy atom. The third kappa shape index (κ3) is 2.37. The summed E-state index contributed by atoms with van der Waals surface area (Å²) < 4.78 is 37.0. The van der Waals surface area contributed by atoms with E-state index in [0.29, 0.717) is 17.7 Å². The topological polar surface area (TPSA) is 63.1 Å². The van der Waals surface area contributed by atoms with Gasteiger partial charge in [-0.05, 0) is 24.8 Å². The van der Waals surface area contributed by atoms with Crippen LogP contribution in [0.3, 0.4) is 0 Å². The number of carboxylic acids is 1. The minimum absolute atomic E-state index is 0.197. The minimum Gasteiger partial charge on any atom is -0.481 e. The van der Waals surface area contributed by atoms with Crippen LogP contribution in [0, 0.1) is 5.92 Å². The number of alkyl halides is 3. The van der Waals surface area contributed by atoms with Gasteiger partial charge in [0.2, 0.25) is 5.82 Å². The molecule has 1 N–H and O–H groups in total. The molecular weight excluding hydrogens is 237 g/mol. The maximum absolute atomic E-state index is 12.3. The van der Waals surface area contributed by atoms with Gasteiger partial charge in [0.1, 0.15) is 0 Å². The minimum atomic E-state index is -4.56. The molecule has 0 aliphatic heterocycles. The Morgan fingerprint density at radius 2 is 2.18 bits per heavy atom. The molecule has 7 heteroatoms. The molecular formula is C10H9F3N2O2. The van der Waals surface area contributed by atoms with Gasteiger partial charge < -0.3 is 5.11 Å². The van der Waals surface area contributed by atoms with E-state index in [1.165, 1.54) is 0 Å². The summed E-state index contributed by atoms with van der Waals surface area (Å²) in [5.41, 5.74) is 0.807. The van der Waals surface area contributed by atoms with Gasteiger partial charge in [0.05, 0.1) is 5.92 Å². The standard InChI is InChI=1S/C10H9F3N2O2/c11-10(12,13)9-14-4-6-3-5(8(16)17)1-2-7(6)15-9/h4-5H,1-3H2,(H,16,17)/t5-/m0/s1. The van der Waals surface area contributed by atoms with Crippen molar-refractivity contribution in [1.29, 1.82) is 0 Å². The zero-order valence-corrected chi connectivity index (χ0v) is 8.66. The summed E-state index contributed by atoms with van der Waals surface area (Å²) in [4.78, 5) is 17.4. The molecule has 1 aliphatic rings. The Morgan fingerprint density at radius 3 is 2.76 bits per heavy atom. The largest absolute Gasteiger partial charge is 0.481 e. The summed E-state index contributed by atoms with van der Waals surface area (Å²) in [5, 5.41) is 8.83. The van der Waals surface area contributed by atoms with Crippen LogP contribution in [-0.4, -0.2) is 21.0 Å². The lowest BCUT2D eigenvalue weighted by atomic mass is 9.87. The summed E-state index contributed by atoms with van der Waals surface area (Å²) >= 11 is 0. The zero-order chi connectivity index (χ0) is 12.6. The highest BCUT2D eigenvalue weighted by Crippen LogP contribution is 2.29. The number of rotatable bonds is 1. The smallest absolute Gasteiger partial charge is 0.451 e. The normalized spacial score (nSPS) is 19.8. The van der Waals surface area contributed by atoms with E-state index in [2.05, 4.69) is 9.97 Å². The van der Waals surface area contributed by atoms with Gasteiger partial charge >= 0.3 is 12.1 Å². The number of carboxylic acid groups (broad SMARTS) is 1. The van der Waals surface area contributed by atoms with Gasteiger partial charge in [0.15, 0.2) is 0 Å². The van der Waals surface area contributed by atoms with E-state index in [9.17, 15) is 18.0 Å². The molecule has 1 aliphatic carbocycles. The molecule has 0 spiro atoms.